The lowest BCUT2D eigenvalue weighted by Gasteiger charge is -2.12. The van der Waals surface area contributed by atoms with Gasteiger partial charge in [0.15, 0.2) is 0 Å². The van der Waals surface area contributed by atoms with Gasteiger partial charge < -0.3 is 0 Å². The smallest absolute Gasteiger partial charge is 0.0332 e. The third-order valence-corrected chi connectivity index (χ3v) is 6.00. The number of benzene rings is 5. The molecule has 0 unspecified atom stereocenters. The van der Waals surface area contributed by atoms with Crippen LogP contribution >= 0.6 is 15.9 Å². The van der Waals surface area contributed by atoms with Crippen LogP contribution in [0.5, 0.6) is 0 Å². The fourth-order valence-corrected chi connectivity index (χ4v) is 4.47. The van der Waals surface area contributed by atoms with Gasteiger partial charge in [-0.1, -0.05) is 97.1 Å². The van der Waals surface area contributed by atoms with Gasteiger partial charge in [0.25, 0.3) is 0 Å². The van der Waals surface area contributed by atoms with E-state index in [1.165, 1.54) is 48.3 Å². The molecule has 0 heterocycles. The lowest BCUT2D eigenvalue weighted by molar-refractivity contribution is 1.60. The Labute approximate surface area is 167 Å². The quantitative estimate of drug-likeness (QED) is 0.259. The van der Waals surface area contributed by atoms with Crippen LogP contribution in [0, 0.1) is 0 Å². The van der Waals surface area contributed by atoms with Gasteiger partial charge in [0.2, 0.25) is 0 Å². The van der Waals surface area contributed by atoms with E-state index in [1.807, 2.05) is 0 Å². The van der Waals surface area contributed by atoms with Gasteiger partial charge in [0.05, 0.1) is 0 Å². The van der Waals surface area contributed by atoms with Crippen LogP contribution in [0.4, 0.5) is 0 Å². The second-order valence-electron chi connectivity index (χ2n) is 6.76. The Hall–Kier alpha value is -2.90. The average molecular weight is 409 g/mol. The maximum atomic E-state index is 3.83. The number of rotatable bonds is 2. The third-order valence-electron chi connectivity index (χ3n) is 5.14. The Kier molecular flexibility index (Phi) is 4.03. The van der Waals surface area contributed by atoms with Crippen molar-refractivity contribution >= 4 is 37.5 Å². The molecule has 1 heteroatoms. The third kappa shape index (κ3) is 2.85. The highest BCUT2D eigenvalue weighted by Crippen LogP contribution is 2.38. The highest BCUT2D eigenvalue weighted by atomic mass is 79.9. The summed E-state index contributed by atoms with van der Waals surface area (Å²) in [6.07, 6.45) is 0. The summed E-state index contributed by atoms with van der Waals surface area (Å²) in [5.41, 5.74) is 4.99. The average Bonchev–Trinajstić information content (AvgIpc) is 2.74. The molecule has 0 saturated heterocycles. The van der Waals surface area contributed by atoms with Crippen molar-refractivity contribution in [1.29, 1.82) is 0 Å². The number of hydrogen-bond acceptors (Lipinski definition) is 0. The predicted molar refractivity (Wildman–Crippen MR) is 120 cm³/mol. The van der Waals surface area contributed by atoms with Crippen LogP contribution < -0.4 is 0 Å². The summed E-state index contributed by atoms with van der Waals surface area (Å²) in [4.78, 5) is 0. The van der Waals surface area contributed by atoms with Gasteiger partial charge in [-0.2, -0.15) is 0 Å². The van der Waals surface area contributed by atoms with E-state index in [0.717, 1.165) is 0 Å². The molecule has 0 fully saturated rings. The zero-order chi connectivity index (χ0) is 18.2. The molecule has 0 bridgehead atoms. The van der Waals surface area contributed by atoms with Gasteiger partial charge in [0.1, 0.15) is 0 Å². The molecule has 0 radical (unpaired) electrons. The fraction of sp³-hybridized carbons (Fsp3) is 0. The van der Waals surface area contributed by atoms with Gasteiger partial charge in [-0.25, -0.2) is 0 Å². The lowest BCUT2D eigenvalue weighted by Crippen LogP contribution is -1.85. The molecule has 5 rings (SSSR count). The van der Waals surface area contributed by atoms with Gasteiger partial charge in [-0.3, -0.25) is 0 Å². The van der Waals surface area contributed by atoms with E-state index in [0.29, 0.717) is 0 Å². The molecular formula is C26H17Br. The minimum atomic E-state index is 1.17. The molecule has 0 amide bonds. The summed E-state index contributed by atoms with van der Waals surface area (Å²) in [6, 6.07) is 36.7. The Morgan fingerprint density at radius 2 is 1.07 bits per heavy atom. The Balaban J connectivity index is 1.69. The summed E-state index contributed by atoms with van der Waals surface area (Å²) in [7, 11) is 0. The first-order chi connectivity index (χ1) is 13.3. The highest BCUT2D eigenvalue weighted by molar-refractivity contribution is 9.10. The largest absolute Gasteiger partial charge is 0.0622 e. The maximum absolute atomic E-state index is 3.83. The van der Waals surface area contributed by atoms with Gasteiger partial charge in [-0.05, 0) is 65.8 Å². The van der Waals surface area contributed by atoms with Crippen LogP contribution in [0.25, 0.3) is 43.8 Å². The fourth-order valence-electron chi connectivity index (χ4n) is 3.76. The van der Waals surface area contributed by atoms with E-state index in [-0.39, 0.29) is 0 Å². The van der Waals surface area contributed by atoms with Crippen LogP contribution in [0.3, 0.4) is 0 Å². The van der Waals surface area contributed by atoms with E-state index < -0.39 is 0 Å². The van der Waals surface area contributed by atoms with Gasteiger partial charge in [0, 0.05) is 4.47 Å². The second kappa shape index (κ2) is 6.68. The molecule has 5 aromatic carbocycles. The van der Waals surface area contributed by atoms with E-state index in [4.69, 9.17) is 0 Å². The first kappa shape index (κ1) is 16.3. The van der Waals surface area contributed by atoms with E-state index in [9.17, 15) is 0 Å². The molecule has 5 aromatic rings. The van der Waals surface area contributed by atoms with Crippen LogP contribution in [0.1, 0.15) is 0 Å². The van der Waals surface area contributed by atoms with E-state index in [2.05, 4.69) is 119 Å². The lowest BCUT2D eigenvalue weighted by atomic mass is 9.94. The Bertz CT molecular complexity index is 1250. The Morgan fingerprint density at radius 3 is 1.89 bits per heavy atom. The van der Waals surface area contributed by atoms with Crippen LogP contribution in [0.2, 0.25) is 0 Å². The molecule has 0 aliphatic heterocycles. The molecule has 0 spiro atoms. The van der Waals surface area contributed by atoms with Crippen LogP contribution in [0.15, 0.2) is 108 Å². The van der Waals surface area contributed by atoms with Crippen molar-refractivity contribution in [2.75, 3.05) is 0 Å². The topological polar surface area (TPSA) is 0 Å². The van der Waals surface area contributed by atoms with Gasteiger partial charge in [-0.15, -0.1) is 0 Å². The maximum Gasteiger partial charge on any atom is 0.0332 e. The number of halogens is 1. The molecule has 0 aliphatic carbocycles. The first-order valence-electron chi connectivity index (χ1n) is 9.07. The molecule has 0 aliphatic rings. The minimum absolute atomic E-state index is 1.17. The van der Waals surface area contributed by atoms with Crippen molar-refractivity contribution in [3.05, 3.63) is 108 Å². The number of hydrogen-bond donors (Lipinski definition) is 0. The van der Waals surface area contributed by atoms with E-state index >= 15 is 0 Å². The van der Waals surface area contributed by atoms with Crippen LogP contribution in [-0.4, -0.2) is 0 Å². The molecule has 0 nitrogen and oxygen atoms in total. The van der Waals surface area contributed by atoms with Crippen molar-refractivity contribution in [3.63, 3.8) is 0 Å². The van der Waals surface area contributed by atoms with E-state index in [1.54, 1.807) is 0 Å². The molecule has 0 N–H and O–H groups in total. The molecule has 0 atom stereocenters. The van der Waals surface area contributed by atoms with Crippen molar-refractivity contribution in [3.8, 4) is 22.3 Å². The summed E-state index contributed by atoms with van der Waals surface area (Å²) < 4.78 is 1.17. The predicted octanol–water partition coefficient (Wildman–Crippen LogP) is 8.09. The van der Waals surface area contributed by atoms with Crippen molar-refractivity contribution in [2.24, 2.45) is 0 Å². The molecule has 0 aromatic heterocycles. The normalized spacial score (nSPS) is 11.1. The zero-order valence-electron chi connectivity index (χ0n) is 14.7. The Morgan fingerprint density at radius 1 is 0.444 bits per heavy atom. The highest BCUT2D eigenvalue weighted by Gasteiger charge is 2.10. The van der Waals surface area contributed by atoms with Crippen molar-refractivity contribution in [2.45, 2.75) is 0 Å². The number of fused-ring (bicyclic) bond motifs is 2. The summed E-state index contributed by atoms with van der Waals surface area (Å²) in [5, 5.41) is 5.03. The van der Waals surface area contributed by atoms with Crippen molar-refractivity contribution < 1.29 is 0 Å². The SMILES string of the molecule is Brc1c2ccccc2cc2c(-c3ccc(-c4ccccc4)cc3)cccc12. The molecule has 128 valence electrons. The summed E-state index contributed by atoms with van der Waals surface area (Å²) in [5.74, 6) is 0. The second-order valence-corrected chi connectivity index (χ2v) is 7.55. The van der Waals surface area contributed by atoms with Crippen LogP contribution in [-0.2, 0) is 0 Å². The minimum Gasteiger partial charge on any atom is -0.0622 e. The summed E-state index contributed by atoms with van der Waals surface area (Å²) in [6.45, 7) is 0. The monoisotopic (exact) mass is 408 g/mol. The first-order valence-corrected chi connectivity index (χ1v) is 9.86. The summed E-state index contributed by atoms with van der Waals surface area (Å²) >= 11 is 3.83. The molecular weight excluding hydrogens is 392 g/mol. The molecule has 27 heavy (non-hydrogen) atoms. The van der Waals surface area contributed by atoms with Crippen molar-refractivity contribution in [1.82, 2.24) is 0 Å². The molecule has 0 saturated carbocycles. The zero-order valence-corrected chi connectivity index (χ0v) is 16.3. The standard InChI is InChI=1S/C26H17Br/c27-26-23-10-5-4-9-21(23)17-25-22(11-6-12-24(25)26)20-15-13-19(14-16-20)18-7-2-1-3-8-18/h1-17H. The van der Waals surface area contributed by atoms with Gasteiger partial charge >= 0.3 is 0 Å².